The SMILES string of the molecule is Cc1ccc(NC(=O)C(C)N2CCN(C(C)C(=O)Nc3cccc(F)c3)CC2)c(C)c1. The monoisotopic (exact) mass is 426 g/mol. The van der Waals surface area contributed by atoms with E-state index >= 15 is 0 Å². The molecule has 1 fully saturated rings. The number of carbonyl (C=O) groups is 2. The van der Waals surface area contributed by atoms with Gasteiger partial charge in [-0.2, -0.15) is 0 Å². The number of nitrogens with one attached hydrogen (secondary N) is 2. The van der Waals surface area contributed by atoms with Crippen molar-refractivity contribution in [1.29, 1.82) is 0 Å². The maximum atomic E-state index is 13.3. The van der Waals surface area contributed by atoms with Crippen LogP contribution in [0.5, 0.6) is 0 Å². The van der Waals surface area contributed by atoms with Gasteiger partial charge >= 0.3 is 0 Å². The number of hydrogen-bond acceptors (Lipinski definition) is 4. The third kappa shape index (κ3) is 5.89. The first-order valence-corrected chi connectivity index (χ1v) is 10.7. The van der Waals surface area contributed by atoms with Crippen LogP contribution in [0.4, 0.5) is 15.8 Å². The van der Waals surface area contributed by atoms with Crippen LogP contribution in [0, 0.1) is 19.7 Å². The minimum atomic E-state index is -0.382. The first-order valence-electron chi connectivity index (χ1n) is 10.7. The molecule has 2 aromatic rings. The zero-order valence-corrected chi connectivity index (χ0v) is 18.6. The van der Waals surface area contributed by atoms with Gasteiger partial charge in [0.25, 0.3) is 0 Å². The van der Waals surface area contributed by atoms with Crippen LogP contribution >= 0.6 is 0 Å². The second-order valence-electron chi connectivity index (χ2n) is 8.23. The van der Waals surface area contributed by atoms with E-state index in [4.69, 9.17) is 0 Å². The quantitative estimate of drug-likeness (QED) is 0.743. The van der Waals surface area contributed by atoms with Crippen molar-refractivity contribution in [2.45, 2.75) is 39.8 Å². The highest BCUT2D eigenvalue weighted by Gasteiger charge is 2.29. The second-order valence-corrected chi connectivity index (χ2v) is 8.23. The number of aryl methyl sites for hydroxylation is 2. The van der Waals surface area contributed by atoms with Gasteiger partial charge in [0.05, 0.1) is 12.1 Å². The fraction of sp³-hybridized carbons (Fsp3) is 0.417. The van der Waals surface area contributed by atoms with Crippen molar-refractivity contribution in [1.82, 2.24) is 9.80 Å². The largest absolute Gasteiger partial charge is 0.325 e. The van der Waals surface area contributed by atoms with Crippen molar-refractivity contribution in [2.24, 2.45) is 0 Å². The Morgan fingerprint density at radius 3 is 2.00 bits per heavy atom. The van der Waals surface area contributed by atoms with E-state index in [1.807, 2.05) is 39.8 Å². The molecule has 31 heavy (non-hydrogen) atoms. The van der Waals surface area contributed by atoms with Crippen molar-refractivity contribution in [3.63, 3.8) is 0 Å². The van der Waals surface area contributed by atoms with E-state index in [2.05, 4.69) is 26.5 Å². The molecule has 1 heterocycles. The summed E-state index contributed by atoms with van der Waals surface area (Å²) in [5.74, 6) is -0.579. The molecule has 2 N–H and O–H groups in total. The van der Waals surface area contributed by atoms with Gasteiger partial charge in [0.15, 0.2) is 0 Å². The summed E-state index contributed by atoms with van der Waals surface area (Å²) in [6.45, 7) is 10.5. The van der Waals surface area contributed by atoms with Gasteiger partial charge in [-0.3, -0.25) is 19.4 Å². The third-order valence-corrected chi connectivity index (χ3v) is 5.94. The first-order chi connectivity index (χ1) is 14.7. The lowest BCUT2D eigenvalue weighted by molar-refractivity contribution is -0.124. The molecule has 2 atom stereocenters. The molecule has 2 aromatic carbocycles. The standard InChI is InChI=1S/C24H31FN4O2/c1-16-8-9-22(17(2)14-16)27-24(31)19(4)29-12-10-28(11-13-29)18(3)23(30)26-21-7-5-6-20(25)15-21/h5-9,14-15,18-19H,10-13H2,1-4H3,(H,26,30)(H,27,31). The summed E-state index contributed by atoms with van der Waals surface area (Å²) in [6.07, 6.45) is 0. The van der Waals surface area contributed by atoms with E-state index < -0.39 is 0 Å². The van der Waals surface area contributed by atoms with Crippen LogP contribution in [-0.4, -0.2) is 59.9 Å². The summed E-state index contributed by atoms with van der Waals surface area (Å²) in [4.78, 5) is 29.5. The molecule has 2 unspecified atom stereocenters. The molecule has 0 aliphatic carbocycles. The van der Waals surface area contributed by atoms with Gasteiger partial charge in [0.1, 0.15) is 5.82 Å². The first kappa shape index (κ1) is 22.9. The molecule has 3 rings (SSSR count). The lowest BCUT2D eigenvalue weighted by Crippen LogP contribution is -2.56. The van der Waals surface area contributed by atoms with Gasteiger partial charge in [-0.1, -0.05) is 23.8 Å². The Balaban J connectivity index is 1.50. The Morgan fingerprint density at radius 2 is 1.45 bits per heavy atom. The highest BCUT2D eigenvalue weighted by Crippen LogP contribution is 2.18. The van der Waals surface area contributed by atoms with Gasteiger partial charge in [-0.05, 0) is 57.5 Å². The maximum absolute atomic E-state index is 13.3. The van der Waals surface area contributed by atoms with Crippen molar-refractivity contribution in [3.05, 3.63) is 59.4 Å². The van der Waals surface area contributed by atoms with E-state index in [9.17, 15) is 14.0 Å². The topological polar surface area (TPSA) is 64.7 Å². The Morgan fingerprint density at radius 1 is 0.871 bits per heavy atom. The van der Waals surface area contributed by atoms with E-state index in [1.54, 1.807) is 12.1 Å². The van der Waals surface area contributed by atoms with Crippen molar-refractivity contribution in [2.75, 3.05) is 36.8 Å². The van der Waals surface area contributed by atoms with E-state index in [-0.39, 0.29) is 29.7 Å². The molecule has 1 aliphatic rings. The number of carbonyl (C=O) groups excluding carboxylic acids is 2. The molecule has 6 nitrogen and oxygen atoms in total. The highest BCUT2D eigenvalue weighted by atomic mass is 19.1. The van der Waals surface area contributed by atoms with Gasteiger partial charge in [0, 0.05) is 37.6 Å². The Labute approximate surface area is 183 Å². The number of hydrogen-bond donors (Lipinski definition) is 2. The number of piperazine rings is 1. The molecular weight excluding hydrogens is 395 g/mol. The van der Waals surface area contributed by atoms with Gasteiger partial charge in [-0.25, -0.2) is 4.39 Å². The Bertz CT molecular complexity index is 941. The van der Waals surface area contributed by atoms with Crippen molar-refractivity contribution in [3.8, 4) is 0 Å². The zero-order chi connectivity index (χ0) is 22.5. The zero-order valence-electron chi connectivity index (χ0n) is 18.6. The predicted molar refractivity (Wildman–Crippen MR) is 122 cm³/mol. The lowest BCUT2D eigenvalue weighted by Gasteiger charge is -2.39. The van der Waals surface area contributed by atoms with Crippen molar-refractivity contribution >= 4 is 23.2 Å². The number of benzene rings is 2. The molecule has 166 valence electrons. The number of nitrogens with zero attached hydrogens (tertiary/aromatic N) is 2. The van der Waals surface area contributed by atoms with Crippen LogP contribution in [0.2, 0.25) is 0 Å². The van der Waals surface area contributed by atoms with Crippen LogP contribution < -0.4 is 10.6 Å². The summed E-state index contributed by atoms with van der Waals surface area (Å²) in [6, 6.07) is 11.3. The molecule has 0 spiro atoms. The summed E-state index contributed by atoms with van der Waals surface area (Å²) in [5, 5.41) is 5.80. The molecule has 0 saturated carbocycles. The average molecular weight is 427 g/mol. The van der Waals surface area contributed by atoms with Crippen molar-refractivity contribution < 1.29 is 14.0 Å². The summed E-state index contributed by atoms with van der Waals surface area (Å²) >= 11 is 0. The Kier molecular flexibility index (Phi) is 7.41. The predicted octanol–water partition coefficient (Wildman–Crippen LogP) is 3.41. The minimum absolute atomic E-state index is 0.0303. The van der Waals surface area contributed by atoms with E-state index in [0.717, 1.165) is 16.8 Å². The van der Waals surface area contributed by atoms with Crippen LogP contribution in [0.15, 0.2) is 42.5 Å². The fourth-order valence-electron chi connectivity index (χ4n) is 3.85. The molecule has 2 amide bonds. The Hall–Kier alpha value is -2.77. The summed E-state index contributed by atoms with van der Waals surface area (Å²) < 4.78 is 13.3. The normalized spacial score (nSPS) is 17.1. The third-order valence-electron chi connectivity index (χ3n) is 5.94. The maximum Gasteiger partial charge on any atom is 0.241 e. The lowest BCUT2D eigenvalue weighted by atomic mass is 10.1. The molecule has 0 radical (unpaired) electrons. The molecule has 1 aliphatic heterocycles. The van der Waals surface area contributed by atoms with Crippen LogP contribution in [0.25, 0.3) is 0 Å². The van der Waals surface area contributed by atoms with Gasteiger partial charge < -0.3 is 10.6 Å². The van der Waals surface area contributed by atoms with E-state index in [1.165, 1.54) is 12.1 Å². The number of halogens is 1. The molecular formula is C24H31FN4O2. The average Bonchev–Trinajstić information content (AvgIpc) is 2.74. The van der Waals surface area contributed by atoms with Crippen LogP contribution in [0.3, 0.4) is 0 Å². The number of amides is 2. The van der Waals surface area contributed by atoms with Gasteiger partial charge in [-0.15, -0.1) is 0 Å². The summed E-state index contributed by atoms with van der Waals surface area (Å²) in [5.41, 5.74) is 3.50. The highest BCUT2D eigenvalue weighted by molar-refractivity contribution is 5.95. The van der Waals surface area contributed by atoms with Crippen LogP contribution in [-0.2, 0) is 9.59 Å². The molecule has 0 bridgehead atoms. The molecule has 7 heteroatoms. The number of rotatable bonds is 6. The van der Waals surface area contributed by atoms with E-state index in [0.29, 0.717) is 31.9 Å². The number of anilines is 2. The fourth-order valence-corrected chi connectivity index (χ4v) is 3.85. The smallest absolute Gasteiger partial charge is 0.241 e. The molecule has 1 saturated heterocycles. The second kappa shape index (κ2) is 10.0. The van der Waals surface area contributed by atoms with Crippen LogP contribution in [0.1, 0.15) is 25.0 Å². The minimum Gasteiger partial charge on any atom is -0.325 e. The summed E-state index contributed by atoms with van der Waals surface area (Å²) in [7, 11) is 0. The van der Waals surface area contributed by atoms with Gasteiger partial charge in [0.2, 0.25) is 11.8 Å². The molecule has 0 aromatic heterocycles.